The van der Waals surface area contributed by atoms with Gasteiger partial charge in [0.05, 0.1) is 11.6 Å². The van der Waals surface area contributed by atoms with Crippen LogP contribution in [0.5, 0.6) is 0 Å². The molecule has 3 aromatic carbocycles. The molecule has 1 saturated heterocycles. The van der Waals surface area contributed by atoms with E-state index in [9.17, 15) is 5.11 Å². The molecule has 31 heavy (non-hydrogen) atoms. The monoisotopic (exact) mass is 438 g/mol. The molecule has 1 aliphatic rings. The van der Waals surface area contributed by atoms with Crippen molar-refractivity contribution in [1.82, 2.24) is 9.80 Å². The van der Waals surface area contributed by atoms with Crippen LogP contribution in [0, 0.1) is 0 Å². The van der Waals surface area contributed by atoms with Crippen molar-refractivity contribution in [2.24, 2.45) is 0 Å². The van der Waals surface area contributed by atoms with Gasteiger partial charge in [-0.05, 0) is 16.7 Å². The Morgan fingerprint density at radius 1 is 0.710 bits per heavy atom. The molecule has 0 aromatic heterocycles. The smallest absolute Gasteiger partial charge is 0.0973 e. The fourth-order valence-corrected chi connectivity index (χ4v) is 4.80. The van der Waals surface area contributed by atoms with E-state index in [0.29, 0.717) is 6.54 Å². The Bertz CT molecular complexity index is 804. The third-order valence-electron chi connectivity index (χ3n) is 6.07. The Morgan fingerprint density at radius 3 is 1.45 bits per heavy atom. The maximum absolute atomic E-state index is 9.98. The molecular formula is C26H31ClN2O2. The lowest BCUT2D eigenvalue weighted by Crippen LogP contribution is -2.57. The van der Waals surface area contributed by atoms with Crippen LogP contribution < -0.4 is 0 Å². The molecule has 3 N–H and O–H groups in total. The number of β-amino-alcohol motifs (C(OH)–C–C–N with tert-alkyl or cyclic N) is 1. The average molecular weight is 439 g/mol. The fraction of sp³-hybridized carbons (Fsp3) is 0.308. The summed E-state index contributed by atoms with van der Waals surface area (Å²) in [5.74, 6) is 0.280. The maximum atomic E-state index is 9.98. The van der Waals surface area contributed by atoms with Crippen molar-refractivity contribution in [3.05, 3.63) is 108 Å². The number of hydrogen-bond acceptors (Lipinski definition) is 3. The summed E-state index contributed by atoms with van der Waals surface area (Å²) in [5, 5.41) is 9.98. The minimum atomic E-state index is -0.472. The summed E-state index contributed by atoms with van der Waals surface area (Å²) in [7, 11) is 0. The van der Waals surface area contributed by atoms with Crippen LogP contribution in [0.1, 0.15) is 16.7 Å². The molecule has 1 fully saturated rings. The van der Waals surface area contributed by atoms with E-state index in [0.717, 1.165) is 26.2 Å². The van der Waals surface area contributed by atoms with Crippen molar-refractivity contribution < 1.29 is 10.6 Å². The van der Waals surface area contributed by atoms with E-state index >= 15 is 0 Å². The lowest BCUT2D eigenvalue weighted by molar-refractivity contribution is 0.0484. The van der Waals surface area contributed by atoms with E-state index < -0.39 is 6.10 Å². The molecule has 3 aromatic rings. The Balaban J connectivity index is 0.00000272. The number of aliphatic hydroxyl groups is 1. The zero-order valence-corrected chi connectivity index (χ0v) is 18.5. The predicted molar refractivity (Wildman–Crippen MR) is 128 cm³/mol. The summed E-state index contributed by atoms with van der Waals surface area (Å²) in [6.07, 6.45) is -0.472. The van der Waals surface area contributed by atoms with Crippen molar-refractivity contribution in [3.63, 3.8) is 0 Å². The molecule has 0 aliphatic carbocycles. The summed E-state index contributed by atoms with van der Waals surface area (Å²) < 4.78 is 0. The fourth-order valence-electron chi connectivity index (χ4n) is 4.70. The van der Waals surface area contributed by atoms with Gasteiger partial charge in [-0.2, -0.15) is 0 Å². The zero-order valence-electron chi connectivity index (χ0n) is 17.7. The second-order valence-corrected chi connectivity index (χ2v) is 8.21. The third kappa shape index (κ3) is 4.84. The highest BCUT2D eigenvalue weighted by Crippen LogP contribution is 2.42. The second kappa shape index (κ2) is 10.9. The van der Waals surface area contributed by atoms with Crippen LogP contribution in [0.3, 0.4) is 0 Å². The van der Waals surface area contributed by atoms with E-state index in [2.05, 4.69) is 101 Å². The maximum Gasteiger partial charge on any atom is 0.0973 e. The molecule has 1 unspecified atom stereocenters. The van der Waals surface area contributed by atoms with Gasteiger partial charge >= 0.3 is 0 Å². The van der Waals surface area contributed by atoms with Crippen molar-refractivity contribution in [2.75, 3.05) is 38.6 Å². The number of nitrogens with zero attached hydrogens (tertiary/aromatic N) is 2. The number of hydrogen-bond donors (Lipinski definition) is 1. The lowest BCUT2D eigenvalue weighted by atomic mass is 9.75. The van der Waals surface area contributed by atoms with Crippen LogP contribution in [-0.4, -0.2) is 65.1 Å². The van der Waals surface area contributed by atoms with Crippen LogP contribution in [0.2, 0.25) is 0 Å². The number of benzene rings is 3. The van der Waals surface area contributed by atoms with Gasteiger partial charge in [-0.25, -0.2) is 0 Å². The molecule has 164 valence electrons. The van der Waals surface area contributed by atoms with Gasteiger partial charge in [0, 0.05) is 38.6 Å². The molecule has 1 heterocycles. The first-order chi connectivity index (χ1) is 14.7. The van der Waals surface area contributed by atoms with Crippen molar-refractivity contribution in [2.45, 2.75) is 11.6 Å². The number of alkyl halides is 1. The standard InChI is InChI=1S/C26H29ClN2O.H2O/c27-20-25(30)21-28-16-18-29(19-17-28)26(22-10-4-1-5-11-22,23-12-6-2-7-13-23)24-14-8-3-9-15-24;/h1-15,25,30H,16-21H2;1H2. The highest BCUT2D eigenvalue weighted by atomic mass is 35.5. The quantitative estimate of drug-likeness (QED) is 0.454. The summed E-state index contributed by atoms with van der Waals surface area (Å²) in [6, 6.07) is 32.4. The van der Waals surface area contributed by atoms with E-state index in [1.54, 1.807) is 0 Å². The largest absolute Gasteiger partial charge is 0.412 e. The Morgan fingerprint density at radius 2 is 1.10 bits per heavy atom. The summed E-state index contributed by atoms with van der Waals surface area (Å²) >= 11 is 5.83. The van der Waals surface area contributed by atoms with Crippen molar-refractivity contribution in [3.8, 4) is 0 Å². The van der Waals surface area contributed by atoms with Crippen molar-refractivity contribution in [1.29, 1.82) is 0 Å². The summed E-state index contributed by atoms with van der Waals surface area (Å²) in [6.45, 7) is 4.26. The second-order valence-electron chi connectivity index (χ2n) is 7.90. The van der Waals surface area contributed by atoms with E-state index in [-0.39, 0.29) is 16.9 Å². The highest BCUT2D eigenvalue weighted by Gasteiger charge is 2.43. The van der Waals surface area contributed by atoms with Gasteiger partial charge < -0.3 is 10.6 Å². The molecule has 0 amide bonds. The summed E-state index contributed by atoms with van der Waals surface area (Å²) in [5.41, 5.74) is 3.46. The van der Waals surface area contributed by atoms with Gasteiger partial charge in [-0.1, -0.05) is 91.0 Å². The first-order valence-corrected chi connectivity index (χ1v) is 11.2. The predicted octanol–water partition coefficient (Wildman–Crippen LogP) is 3.37. The zero-order chi connectivity index (χ0) is 20.8. The number of halogens is 1. The SMILES string of the molecule is O.OC(CCl)CN1CCN(C(c2ccccc2)(c2ccccc2)c2ccccc2)CC1. The summed E-state index contributed by atoms with van der Waals surface area (Å²) in [4.78, 5) is 4.91. The van der Waals surface area contributed by atoms with Gasteiger partial charge in [0.25, 0.3) is 0 Å². The first kappa shape index (κ1) is 23.5. The number of piperazine rings is 1. The number of aliphatic hydroxyl groups excluding tert-OH is 1. The van der Waals surface area contributed by atoms with Gasteiger partial charge in [-0.3, -0.25) is 9.80 Å². The Hall–Kier alpha value is -2.21. The lowest BCUT2D eigenvalue weighted by Gasteiger charge is -2.49. The highest BCUT2D eigenvalue weighted by molar-refractivity contribution is 6.18. The molecule has 1 aliphatic heterocycles. The van der Waals surface area contributed by atoms with Crippen LogP contribution in [0.15, 0.2) is 91.0 Å². The molecule has 4 rings (SSSR count). The molecule has 1 atom stereocenters. The molecule has 0 radical (unpaired) electrons. The van der Waals surface area contributed by atoms with Gasteiger partial charge in [0.2, 0.25) is 0 Å². The van der Waals surface area contributed by atoms with Gasteiger partial charge in [0.1, 0.15) is 0 Å². The first-order valence-electron chi connectivity index (χ1n) is 10.6. The van der Waals surface area contributed by atoms with Crippen molar-refractivity contribution >= 4 is 11.6 Å². The molecule has 0 spiro atoms. The normalized spacial score (nSPS) is 16.5. The molecule has 0 bridgehead atoms. The third-order valence-corrected chi connectivity index (χ3v) is 6.42. The van der Waals surface area contributed by atoms with E-state index in [4.69, 9.17) is 11.6 Å². The molecule has 5 heteroatoms. The van der Waals surface area contributed by atoms with Gasteiger partial charge in [-0.15, -0.1) is 11.6 Å². The van der Waals surface area contributed by atoms with E-state index in [1.807, 2.05) is 0 Å². The minimum absolute atomic E-state index is 0. The average Bonchev–Trinajstić information content (AvgIpc) is 2.83. The van der Waals surface area contributed by atoms with E-state index in [1.165, 1.54) is 16.7 Å². The van der Waals surface area contributed by atoms with Crippen LogP contribution in [0.25, 0.3) is 0 Å². The minimum Gasteiger partial charge on any atom is -0.412 e. The Kier molecular flexibility index (Phi) is 8.24. The molecule has 4 nitrogen and oxygen atoms in total. The van der Waals surface area contributed by atoms with Crippen LogP contribution in [0.4, 0.5) is 0 Å². The topological polar surface area (TPSA) is 58.2 Å². The number of rotatable bonds is 7. The molecule has 0 saturated carbocycles. The van der Waals surface area contributed by atoms with Crippen LogP contribution in [-0.2, 0) is 5.54 Å². The van der Waals surface area contributed by atoms with Crippen LogP contribution >= 0.6 is 11.6 Å². The Labute approximate surface area is 190 Å². The van der Waals surface area contributed by atoms with Gasteiger partial charge in [0.15, 0.2) is 0 Å². The molecular weight excluding hydrogens is 408 g/mol.